The molecule has 3 rings (SSSR count). The largest absolute Gasteiger partial charge is 0.328 e. The second kappa shape index (κ2) is 9.08. The molecule has 2 aliphatic rings. The van der Waals surface area contributed by atoms with Crippen molar-refractivity contribution in [2.24, 2.45) is 11.8 Å². The number of carbonyl (C=O) groups excluding carboxylic acids is 2. The third-order valence-electron chi connectivity index (χ3n) is 5.78. The Hall–Kier alpha value is -2.21. The van der Waals surface area contributed by atoms with Crippen molar-refractivity contribution < 1.29 is 9.59 Å². The maximum absolute atomic E-state index is 13.5. The molecule has 6 nitrogen and oxygen atoms in total. The number of nitrogens with zero attached hydrogens (tertiary/aromatic N) is 4. The van der Waals surface area contributed by atoms with Crippen LogP contribution in [-0.2, 0) is 11.3 Å². The number of aromatic nitrogens is 1. The van der Waals surface area contributed by atoms with E-state index in [9.17, 15) is 9.59 Å². The van der Waals surface area contributed by atoms with Gasteiger partial charge < -0.3 is 4.90 Å². The highest BCUT2D eigenvalue weighted by molar-refractivity contribution is 6.07. The van der Waals surface area contributed by atoms with E-state index in [1.54, 1.807) is 6.20 Å². The fraction of sp³-hybridized carbons (Fsp3) is 0.609. The predicted octanol–water partition coefficient (Wildman–Crippen LogP) is 3.55. The van der Waals surface area contributed by atoms with Crippen molar-refractivity contribution >= 4 is 11.9 Å². The molecule has 1 aromatic rings. The van der Waals surface area contributed by atoms with Gasteiger partial charge in [-0.1, -0.05) is 45.9 Å². The molecule has 0 unspecified atom stereocenters. The van der Waals surface area contributed by atoms with Gasteiger partial charge in [-0.25, -0.2) is 4.79 Å². The summed E-state index contributed by atoms with van der Waals surface area (Å²) < 4.78 is 0. The summed E-state index contributed by atoms with van der Waals surface area (Å²) in [5, 5.41) is 0. The lowest BCUT2D eigenvalue weighted by molar-refractivity contribution is -0.136. The molecule has 2 saturated heterocycles. The average molecular weight is 399 g/mol. The van der Waals surface area contributed by atoms with E-state index in [1.165, 1.54) is 4.90 Å². The second-order valence-electron chi connectivity index (χ2n) is 9.00. The Morgan fingerprint density at radius 1 is 1.14 bits per heavy atom. The molecule has 2 fully saturated rings. The van der Waals surface area contributed by atoms with Gasteiger partial charge in [0.15, 0.2) is 0 Å². The number of urea groups is 1. The van der Waals surface area contributed by atoms with Gasteiger partial charge in [-0.05, 0) is 36.8 Å². The molecule has 158 valence electrons. The van der Waals surface area contributed by atoms with E-state index in [4.69, 9.17) is 0 Å². The molecule has 3 heterocycles. The molecule has 0 saturated carbocycles. The summed E-state index contributed by atoms with van der Waals surface area (Å²) in [5.41, 5.74) is 0.0426. The molecule has 1 spiro atoms. The fourth-order valence-electron chi connectivity index (χ4n) is 4.26. The summed E-state index contributed by atoms with van der Waals surface area (Å²) in [6.07, 6.45) is 7.51. The van der Waals surface area contributed by atoms with Crippen LogP contribution in [0.15, 0.2) is 36.5 Å². The van der Waals surface area contributed by atoms with Crippen LogP contribution in [0.1, 0.15) is 46.2 Å². The zero-order valence-electron chi connectivity index (χ0n) is 18.2. The molecule has 0 aromatic carbocycles. The lowest BCUT2D eigenvalue weighted by atomic mass is 9.85. The first kappa shape index (κ1) is 21.5. The van der Waals surface area contributed by atoms with Crippen molar-refractivity contribution in [3.63, 3.8) is 0 Å². The monoisotopic (exact) mass is 398 g/mol. The number of hydrogen-bond acceptors (Lipinski definition) is 4. The van der Waals surface area contributed by atoms with Gasteiger partial charge in [-0.15, -0.1) is 0 Å². The number of amides is 3. The minimum atomic E-state index is -0.700. The molecule has 6 heteroatoms. The Bertz CT molecular complexity index is 737. The van der Waals surface area contributed by atoms with Crippen LogP contribution >= 0.6 is 0 Å². The summed E-state index contributed by atoms with van der Waals surface area (Å²) in [5.74, 6) is 0.804. The average Bonchev–Trinajstić information content (AvgIpc) is 2.86. The van der Waals surface area contributed by atoms with Crippen LogP contribution in [-0.4, -0.2) is 63.3 Å². The highest BCUT2D eigenvalue weighted by Crippen LogP contribution is 2.38. The maximum atomic E-state index is 13.5. The van der Waals surface area contributed by atoms with Gasteiger partial charge in [-0.2, -0.15) is 0 Å². The smallest absolute Gasteiger partial charge is 0.309 e. The minimum Gasteiger partial charge on any atom is -0.309 e. The number of pyridine rings is 1. The third kappa shape index (κ3) is 4.69. The van der Waals surface area contributed by atoms with Crippen LogP contribution in [0, 0.1) is 11.8 Å². The Morgan fingerprint density at radius 3 is 2.45 bits per heavy atom. The number of carbonyl (C=O) groups is 2. The van der Waals surface area contributed by atoms with Crippen molar-refractivity contribution in [1.29, 1.82) is 0 Å². The highest BCUT2D eigenvalue weighted by atomic mass is 16.2. The molecule has 0 aliphatic carbocycles. The van der Waals surface area contributed by atoms with Crippen LogP contribution in [0.4, 0.5) is 4.79 Å². The van der Waals surface area contributed by atoms with E-state index in [-0.39, 0.29) is 18.5 Å². The van der Waals surface area contributed by atoms with Gasteiger partial charge >= 0.3 is 6.03 Å². The summed E-state index contributed by atoms with van der Waals surface area (Å²) in [6, 6.07) is 5.43. The number of imide groups is 1. The lowest BCUT2D eigenvalue weighted by Gasteiger charge is -2.42. The van der Waals surface area contributed by atoms with Gasteiger partial charge in [-0.3, -0.25) is 19.6 Å². The Kier molecular flexibility index (Phi) is 6.73. The number of likely N-dealkylation sites (tertiary alicyclic amines) is 1. The zero-order chi connectivity index (χ0) is 21.0. The third-order valence-corrected chi connectivity index (χ3v) is 5.78. The first-order valence-electron chi connectivity index (χ1n) is 10.8. The molecule has 29 heavy (non-hydrogen) atoms. The molecule has 3 amide bonds. The number of piperidine rings is 1. The number of hydrogen-bond donors (Lipinski definition) is 0. The van der Waals surface area contributed by atoms with Crippen molar-refractivity contribution in [3.8, 4) is 0 Å². The Morgan fingerprint density at radius 2 is 1.86 bits per heavy atom. The molecular weight excluding hydrogens is 364 g/mol. The van der Waals surface area contributed by atoms with E-state index in [1.807, 2.05) is 23.1 Å². The second-order valence-corrected chi connectivity index (χ2v) is 9.00. The normalized spacial score (nSPS) is 20.2. The lowest BCUT2D eigenvalue weighted by Crippen LogP contribution is -2.57. The van der Waals surface area contributed by atoms with Gasteiger partial charge in [0.25, 0.3) is 5.91 Å². The van der Waals surface area contributed by atoms with Crippen molar-refractivity contribution in [3.05, 3.63) is 42.2 Å². The summed E-state index contributed by atoms with van der Waals surface area (Å²) in [6.45, 7) is 11.9. The van der Waals surface area contributed by atoms with Crippen molar-refractivity contribution in [1.82, 2.24) is 19.7 Å². The topological polar surface area (TPSA) is 56.8 Å². The molecule has 1 aromatic heterocycles. The number of allylic oxidation sites excluding steroid dienone is 1. The van der Waals surface area contributed by atoms with Gasteiger partial charge in [0.1, 0.15) is 5.54 Å². The zero-order valence-corrected chi connectivity index (χ0v) is 18.2. The first-order chi connectivity index (χ1) is 13.8. The van der Waals surface area contributed by atoms with Gasteiger partial charge in [0.2, 0.25) is 0 Å². The minimum absolute atomic E-state index is 0.0498. The SMILES string of the molecule is CC(C)/C=C/CN1CCC2(CC1)C(=O)N(Cc1ccccn1)C(=O)N2CC(C)C. The van der Waals surface area contributed by atoms with E-state index in [2.05, 4.69) is 49.7 Å². The van der Waals surface area contributed by atoms with E-state index in [0.717, 1.165) is 25.3 Å². The summed E-state index contributed by atoms with van der Waals surface area (Å²) in [4.78, 5) is 36.7. The molecule has 0 N–H and O–H groups in total. The Balaban J connectivity index is 1.76. The fourth-order valence-corrected chi connectivity index (χ4v) is 4.26. The predicted molar refractivity (Wildman–Crippen MR) is 114 cm³/mol. The van der Waals surface area contributed by atoms with Crippen LogP contribution in [0.5, 0.6) is 0 Å². The molecular formula is C23H34N4O2. The first-order valence-corrected chi connectivity index (χ1v) is 10.8. The standard InChI is InChI=1S/C23H34N4O2/c1-18(2)8-7-13-25-14-10-23(11-15-25)21(28)26(17-20-9-5-6-12-24-20)22(29)27(23)16-19(3)4/h5-9,12,18-19H,10-11,13-17H2,1-4H3/b8-7+. The van der Waals surface area contributed by atoms with Crippen molar-refractivity contribution in [2.45, 2.75) is 52.6 Å². The summed E-state index contributed by atoms with van der Waals surface area (Å²) >= 11 is 0. The van der Waals surface area contributed by atoms with Gasteiger partial charge in [0.05, 0.1) is 12.2 Å². The van der Waals surface area contributed by atoms with Crippen LogP contribution in [0.25, 0.3) is 0 Å². The molecule has 0 bridgehead atoms. The Labute approximate surface area is 174 Å². The maximum Gasteiger partial charge on any atom is 0.328 e. The molecule has 0 atom stereocenters. The number of rotatable bonds is 7. The molecule has 2 aliphatic heterocycles. The highest BCUT2D eigenvalue weighted by Gasteiger charge is 2.57. The van der Waals surface area contributed by atoms with E-state index < -0.39 is 5.54 Å². The van der Waals surface area contributed by atoms with Crippen LogP contribution in [0.3, 0.4) is 0 Å². The molecule has 0 radical (unpaired) electrons. The van der Waals surface area contributed by atoms with Gasteiger partial charge in [0, 0.05) is 32.4 Å². The van der Waals surface area contributed by atoms with E-state index in [0.29, 0.717) is 31.2 Å². The summed E-state index contributed by atoms with van der Waals surface area (Å²) in [7, 11) is 0. The van der Waals surface area contributed by atoms with Crippen molar-refractivity contribution in [2.75, 3.05) is 26.2 Å². The van der Waals surface area contributed by atoms with E-state index >= 15 is 0 Å². The van der Waals surface area contributed by atoms with Crippen LogP contribution in [0.2, 0.25) is 0 Å². The quantitative estimate of drug-likeness (QED) is 0.521. The van der Waals surface area contributed by atoms with Crippen LogP contribution < -0.4 is 0 Å².